The predicted molar refractivity (Wildman–Crippen MR) is 131 cm³/mol. The van der Waals surface area contributed by atoms with E-state index in [4.69, 9.17) is 18.9 Å². The van der Waals surface area contributed by atoms with Crippen molar-refractivity contribution in [1.29, 1.82) is 0 Å². The van der Waals surface area contributed by atoms with Crippen molar-refractivity contribution >= 4 is 6.09 Å². The monoisotopic (exact) mass is 467 g/mol. The molecule has 8 nitrogen and oxygen atoms in total. The Morgan fingerprint density at radius 3 is 2.24 bits per heavy atom. The molecule has 34 heavy (non-hydrogen) atoms. The van der Waals surface area contributed by atoms with Crippen LogP contribution in [0.4, 0.5) is 4.79 Å². The second-order valence-corrected chi connectivity index (χ2v) is 9.03. The molecule has 0 fully saturated rings. The van der Waals surface area contributed by atoms with Crippen LogP contribution in [-0.2, 0) is 4.74 Å². The van der Waals surface area contributed by atoms with Gasteiger partial charge in [-0.2, -0.15) is 0 Å². The summed E-state index contributed by atoms with van der Waals surface area (Å²) in [5, 5.41) is 7.39. The lowest BCUT2D eigenvalue weighted by molar-refractivity contribution is 0.118. The van der Waals surface area contributed by atoms with E-state index in [0.29, 0.717) is 11.6 Å². The molecule has 1 amide bonds. The lowest BCUT2D eigenvalue weighted by atomic mass is 10.1. The smallest absolute Gasteiger partial charge is 0.407 e. The van der Waals surface area contributed by atoms with E-state index in [1.807, 2.05) is 93.9 Å². The quantitative estimate of drug-likeness (QED) is 0.434. The number of carbonyl (C=O) groups is 1. The number of hydrogen-bond acceptors (Lipinski definition) is 6. The molecule has 1 heterocycles. The van der Waals surface area contributed by atoms with Crippen molar-refractivity contribution in [2.75, 3.05) is 20.3 Å². The minimum absolute atomic E-state index is 0.00976. The molecule has 8 heteroatoms. The molecule has 0 unspecified atom stereocenters. The fraction of sp³-hybridized carbons (Fsp3) is 0.385. The van der Waals surface area contributed by atoms with Crippen LogP contribution in [0.15, 0.2) is 54.6 Å². The molecule has 0 saturated carbocycles. The zero-order valence-corrected chi connectivity index (χ0v) is 20.6. The minimum Gasteiger partial charge on any atom is -0.497 e. The van der Waals surface area contributed by atoms with Gasteiger partial charge in [0.1, 0.15) is 24.7 Å². The third kappa shape index (κ3) is 7.16. The lowest BCUT2D eigenvalue weighted by Gasteiger charge is -2.19. The molecule has 0 aliphatic rings. The number of nitrogens with zero attached hydrogens (tertiary/aromatic N) is 2. The largest absolute Gasteiger partial charge is 0.497 e. The van der Waals surface area contributed by atoms with Gasteiger partial charge >= 0.3 is 6.09 Å². The number of methoxy groups -OCH3 is 1. The first-order chi connectivity index (χ1) is 16.1. The molecular weight excluding hydrogens is 434 g/mol. The molecule has 0 radical (unpaired) electrons. The van der Waals surface area contributed by atoms with Gasteiger partial charge in [0.25, 0.3) is 0 Å². The number of ether oxygens (including phenoxy) is 4. The standard InChI is InChI=1S/C26H33N3O5/c1-18(2)34-24-17-23(29(28-24)20-9-13-21(31-6)14-10-20)19-7-11-22(12-8-19)32-15-16-33-25(30)27-26(3,4)5/h7-14,17-18H,15-16H2,1-6H3,(H,27,30). The van der Waals surface area contributed by atoms with Crippen molar-refractivity contribution < 1.29 is 23.7 Å². The lowest BCUT2D eigenvalue weighted by Crippen LogP contribution is -2.41. The molecule has 182 valence electrons. The maximum atomic E-state index is 11.7. The molecule has 0 bridgehead atoms. The van der Waals surface area contributed by atoms with E-state index >= 15 is 0 Å². The van der Waals surface area contributed by atoms with Crippen LogP contribution in [0.25, 0.3) is 16.9 Å². The highest BCUT2D eigenvalue weighted by molar-refractivity contribution is 5.68. The Bertz CT molecular complexity index is 1070. The summed E-state index contributed by atoms with van der Waals surface area (Å²) in [6.07, 6.45) is -0.451. The minimum atomic E-state index is -0.460. The first-order valence-corrected chi connectivity index (χ1v) is 11.2. The number of aromatic nitrogens is 2. The van der Waals surface area contributed by atoms with Crippen molar-refractivity contribution in [2.24, 2.45) is 0 Å². The number of alkyl carbamates (subject to hydrolysis) is 1. The van der Waals surface area contributed by atoms with E-state index in [1.165, 1.54) is 0 Å². The second-order valence-electron chi connectivity index (χ2n) is 9.03. The molecule has 0 atom stereocenters. The fourth-order valence-corrected chi connectivity index (χ4v) is 3.14. The summed E-state index contributed by atoms with van der Waals surface area (Å²) in [5.41, 5.74) is 2.39. The maximum absolute atomic E-state index is 11.7. The van der Waals surface area contributed by atoms with Gasteiger partial charge in [0, 0.05) is 17.2 Å². The van der Waals surface area contributed by atoms with E-state index in [0.717, 1.165) is 22.7 Å². The summed E-state index contributed by atoms with van der Waals surface area (Å²) >= 11 is 0. The third-order valence-corrected chi connectivity index (χ3v) is 4.57. The summed E-state index contributed by atoms with van der Waals surface area (Å²) in [7, 11) is 1.64. The van der Waals surface area contributed by atoms with Gasteiger partial charge in [0.2, 0.25) is 5.88 Å². The van der Waals surface area contributed by atoms with Gasteiger partial charge in [-0.3, -0.25) is 0 Å². The first kappa shape index (κ1) is 25.0. The first-order valence-electron chi connectivity index (χ1n) is 11.2. The van der Waals surface area contributed by atoms with Gasteiger partial charge in [0.05, 0.1) is 24.6 Å². The summed E-state index contributed by atoms with van der Waals surface area (Å²) in [6, 6.07) is 17.3. The van der Waals surface area contributed by atoms with E-state index in [2.05, 4.69) is 10.4 Å². The van der Waals surface area contributed by atoms with E-state index < -0.39 is 6.09 Å². The van der Waals surface area contributed by atoms with Crippen LogP contribution in [0.1, 0.15) is 34.6 Å². The van der Waals surface area contributed by atoms with Crippen molar-refractivity contribution in [3.05, 3.63) is 54.6 Å². The van der Waals surface area contributed by atoms with Crippen LogP contribution in [0, 0.1) is 0 Å². The van der Waals surface area contributed by atoms with E-state index in [-0.39, 0.29) is 24.9 Å². The van der Waals surface area contributed by atoms with Crippen LogP contribution < -0.4 is 19.5 Å². The topological polar surface area (TPSA) is 83.8 Å². The fourth-order valence-electron chi connectivity index (χ4n) is 3.14. The molecular formula is C26H33N3O5. The molecule has 0 saturated heterocycles. The molecule has 1 aromatic heterocycles. The number of amides is 1. The Hall–Kier alpha value is -3.68. The third-order valence-electron chi connectivity index (χ3n) is 4.57. The van der Waals surface area contributed by atoms with Gasteiger partial charge in [-0.05, 0) is 83.1 Å². The highest BCUT2D eigenvalue weighted by Gasteiger charge is 2.15. The van der Waals surface area contributed by atoms with E-state index in [1.54, 1.807) is 7.11 Å². The zero-order valence-electron chi connectivity index (χ0n) is 20.6. The van der Waals surface area contributed by atoms with Gasteiger partial charge in [-0.15, -0.1) is 5.10 Å². The van der Waals surface area contributed by atoms with Crippen molar-refractivity contribution in [2.45, 2.75) is 46.3 Å². The summed E-state index contributed by atoms with van der Waals surface area (Å²) < 4.78 is 23.8. The van der Waals surface area contributed by atoms with E-state index in [9.17, 15) is 4.79 Å². The number of carbonyl (C=O) groups excluding carboxylic acids is 1. The highest BCUT2D eigenvalue weighted by atomic mass is 16.6. The van der Waals surface area contributed by atoms with Gasteiger partial charge in [0.15, 0.2) is 0 Å². The normalized spacial score (nSPS) is 11.3. The Balaban J connectivity index is 1.70. The van der Waals surface area contributed by atoms with Crippen LogP contribution in [0.3, 0.4) is 0 Å². The maximum Gasteiger partial charge on any atom is 0.407 e. The molecule has 2 aromatic carbocycles. The molecule has 3 rings (SSSR count). The van der Waals surface area contributed by atoms with Gasteiger partial charge < -0.3 is 24.3 Å². The number of hydrogen-bond donors (Lipinski definition) is 1. The highest BCUT2D eigenvalue weighted by Crippen LogP contribution is 2.29. The molecule has 0 aliphatic carbocycles. The molecule has 0 spiro atoms. The zero-order chi connectivity index (χ0) is 24.7. The Kier molecular flexibility index (Phi) is 8.04. The SMILES string of the molecule is COc1ccc(-n2nc(OC(C)C)cc2-c2ccc(OCCOC(=O)NC(C)(C)C)cc2)cc1. The summed E-state index contributed by atoms with van der Waals surface area (Å²) in [6.45, 7) is 10.0. The Morgan fingerprint density at radius 2 is 1.65 bits per heavy atom. The summed E-state index contributed by atoms with van der Waals surface area (Å²) in [5.74, 6) is 2.00. The van der Waals surface area contributed by atoms with Crippen LogP contribution in [-0.4, -0.2) is 47.8 Å². The number of nitrogens with one attached hydrogen (secondary N) is 1. The Morgan fingerprint density at radius 1 is 1.00 bits per heavy atom. The van der Waals surface area contributed by atoms with Crippen molar-refractivity contribution in [3.63, 3.8) is 0 Å². The van der Waals surface area contributed by atoms with Crippen molar-refractivity contribution in [3.8, 4) is 34.3 Å². The average Bonchev–Trinajstić information content (AvgIpc) is 3.19. The Labute approximate surface area is 200 Å². The van der Waals surface area contributed by atoms with Gasteiger partial charge in [-0.25, -0.2) is 9.48 Å². The molecule has 1 N–H and O–H groups in total. The van der Waals surface area contributed by atoms with Crippen LogP contribution in [0.5, 0.6) is 17.4 Å². The molecule has 0 aliphatic heterocycles. The summed E-state index contributed by atoms with van der Waals surface area (Å²) in [4.78, 5) is 11.7. The predicted octanol–water partition coefficient (Wildman–Crippen LogP) is 5.24. The number of rotatable bonds is 9. The van der Waals surface area contributed by atoms with Crippen LogP contribution >= 0.6 is 0 Å². The molecule has 3 aromatic rings. The van der Waals surface area contributed by atoms with Crippen LogP contribution in [0.2, 0.25) is 0 Å². The average molecular weight is 468 g/mol. The second kappa shape index (κ2) is 11.0. The number of benzene rings is 2. The van der Waals surface area contributed by atoms with Gasteiger partial charge in [-0.1, -0.05) is 0 Å². The van der Waals surface area contributed by atoms with Crippen molar-refractivity contribution in [1.82, 2.24) is 15.1 Å².